The number of carboxylic acid groups (broad SMARTS) is 1. The molecule has 1 aliphatic carbocycles. The van der Waals surface area contributed by atoms with Crippen molar-refractivity contribution in [2.75, 3.05) is 26.7 Å². The summed E-state index contributed by atoms with van der Waals surface area (Å²) in [6.07, 6.45) is 4.32. The zero-order valence-corrected chi connectivity index (χ0v) is 20.2. The van der Waals surface area contributed by atoms with Crippen LogP contribution in [0.3, 0.4) is 0 Å². The molecule has 2 fully saturated rings. The van der Waals surface area contributed by atoms with Gasteiger partial charge >= 0.3 is 5.97 Å². The summed E-state index contributed by atoms with van der Waals surface area (Å²) in [6, 6.07) is 18.1. The Morgan fingerprint density at radius 2 is 2.00 bits per heavy atom. The molecule has 5 atom stereocenters. The Morgan fingerprint density at radius 1 is 1.17 bits per heavy atom. The summed E-state index contributed by atoms with van der Waals surface area (Å²) in [4.78, 5) is 18.9. The summed E-state index contributed by atoms with van der Waals surface area (Å²) >= 11 is 0. The molecule has 1 saturated heterocycles. The van der Waals surface area contributed by atoms with Crippen LogP contribution in [0.5, 0.6) is 5.75 Å². The molecule has 5 rings (SSSR count). The molecule has 0 amide bonds. The second-order valence-corrected chi connectivity index (χ2v) is 10.1. The summed E-state index contributed by atoms with van der Waals surface area (Å²) in [5.74, 6) is 0.929. The number of nitrogens with zero attached hydrogens (tertiary/aromatic N) is 2. The number of carbonyl (C=O) groups is 1. The minimum absolute atomic E-state index is 0.0742. The maximum atomic E-state index is 12.1. The van der Waals surface area contributed by atoms with E-state index in [9.17, 15) is 15.0 Å². The molecule has 184 valence electrons. The summed E-state index contributed by atoms with van der Waals surface area (Å²) in [5.41, 5.74) is 3.03. The average Bonchev–Trinajstić information content (AvgIpc) is 3.66. The number of aromatic nitrogens is 1. The molecule has 0 spiro atoms. The predicted molar refractivity (Wildman–Crippen MR) is 135 cm³/mol. The minimum Gasteiger partial charge on any atom is -0.497 e. The third kappa shape index (κ3) is 5.34. The molecule has 2 aliphatic rings. The van der Waals surface area contributed by atoms with Crippen LogP contribution in [0.25, 0.3) is 10.9 Å². The van der Waals surface area contributed by atoms with E-state index in [4.69, 9.17) is 4.74 Å². The van der Waals surface area contributed by atoms with E-state index >= 15 is 0 Å². The van der Waals surface area contributed by atoms with Gasteiger partial charge in [-0.05, 0) is 85.4 Å². The Labute approximate surface area is 206 Å². The first kappa shape index (κ1) is 23.8. The highest BCUT2D eigenvalue weighted by molar-refractivity contribution is 5.83. The second kappa shape index (κ2) is 10.3. The number of fused-ring (bicyclic) bond motifs is 1. The number of hydrogen-bond donors (Lipinski definition) is 2. The number of aliphatic hydroxyl groups is 1. The van der Waals surface area contributed by atoms with Gasteiger partial charge in [0.15, 0.2) is 0 Å². The maximum absolute atomic E-state index is 12.1. The number of carboxylic acids is 1. The molecule has 1 aliphatic heterocycles. The van der Waals surface area contributed by atoms with Gasteiger partial charge in [-0.3, -0.25) is 9.78 Å². The van der Waals surface area contributed by atoms with Gasteiger partial charge in [0, 0.05) is 24.7 Å². The van der Waals surface area contributed by atoms with E-state index in [1.54, 1.807) is 13.3 Å². The highest BCUT2D eigenvalue weighted by Gasteiger charge is 2.41. The van der Waals surface area contributed by atoms with E-state index < -0.39 is 12.1 Å². The molecule has 1 saturated carbocycles. The van der Waals surface area contributed by atoms with Crippen molar-refractivity contribution in [3.63, 3.8) is 0 Å². The Morgan fingerprint density at radius 3 is 2.77 bits per heavy atom. The van der Waals surface area contributed by atoms with Crippen molar-refractivity contribution in [1.82, 2.24) is 9.88 Å². The van der Waals surface area contributed by atoms with Crippen LogP contribution in [0.4, 0.5) is 0 Å². The number of piperidine rings is 1. The standard InChI is InChI=1S/C29H34N2O4/c1-35-22-8-9-27-25(16-22)23(11-13-30-27)28(32)10-7-20-12-14-31(18-26(20)29(33)34)17-21-15-24(21)19-5-3-2-4-6-19/h2-6,8-9,11,13,16,20-21,24,26,28,32H,7,10,12,14-15,17-18H2,1H3,(H,33,34)/t20-,21?,24?,26+,28?/m1/s1. The molecule has 0 radical (unpaired) electrons. The van der Waals surface area contributed by atoms with Crippen molar-refractivity contribution < 1.29 is 19.7 Å². The predicted octanol–water partition coefficient (Wildman–Crippen LogP) is 4.88. The van der Waals surface area contributed by atoms with Crippen molar-refractivity contribution in [1.29, 1.82) is 0 Å². The Balaban J connectivity index is 1.19. The van der Waals surface area contributed by atoms with E-state index in [0.29, 0.717) is 31.2 Å². The zero-order valence-electron chi connectivity index (χ0n) is 20.2. The largest absolute Gasteiger partial charge is 0.497 e. The van der Waals surface area contributed by atoms with Gasteiger partial charge in [-0.2, -0.15) is 0 Å². The van der Waals surface area contributed by atoms with Gasteiger partial charge in [-0.1, -0.05) is 30.3 Å². The molecule has 6 nitrogen and oxygen atoms in total. The third-order valence-corrected chi connectivity index (χ3v) is 7.95. The van der Waals surface area contributed by atoms with Gasteiger partial charge in [0.1, 0.15) is 5.75 Å². The third-order valence-electron chi connectivity index (χ3n) is 7.95. The van der Waals surface area contributed by atoms with Crippen molar-refractivity contribution >= 4 is 16.9 Å². The van der Waals surface area contributed by atoms with Crippen molar-refractivity contribution in [3.8, 4) is 5.75 Å². The number of aliphatic hydroxyl groups excluding tert-OH is 1. The minimum atomic E-state index is -0.719. The van der Waals surface area contributed by atoms with E-state index in [1.807, 2.05) is 30.3 Å². The Bertz CT molecular complexity index is 1170. The molecule has 2 heterocycles. The number of aliphatic carboxylic acids is 1. The number of ether oxygens (including phenoxy) is 1. The lowest BCUT2D eigenvalue weighted by Crippen LogP contribution is -2.44. The van der Waals surface area contributed by atoms with Gasteiger partial charge in [0.05, 0.1) is 24.6 Å². The second-order valence-electron chi connectivity index (χ2n) is 10.1. The molecule has 0 bridgehead atoms. The van der Waals surface area contributed by atoms with Gasteiger partial charge < -0.3 is 19.8 Å². The quantitative estimate of drug-likeness (QED) is 0.460. The molecule has 2 N–H and O–H groups in total. The fourth-order valence-electron chi connectivity index (χ4n) is 5.84. The summed E-state index contributed by atoms with van der Waals surface area (Å²) in [5, 5.41) is 21.9. The lowest BCUT2D eigenvalue weighted by Gasteiger charge is -2.37. The summed E-state index contributed by atoms with van der Waals surface area (Å²) in [6.45, 7) is 2.50. The van der Waals surface area contributed by atoms with Crippen LogP contribution in [0, 0.1) is 17.8 Å². The lowest BCUT2D eigenvalue weighted by atomic mass is 9.81. The smallest absolute Gasteiger partial charge is 0.308 e. The van der Waals surface area contributed by atoms with Crippen LogP contribution < -0.4 is 4.74 Å². The monoisotopic (exact) mass is 474 g/mol. The number of likely N-dealkylation sites (tertiary alicyclic amines) is 1. The van der Waals surface area contributed by atoms with Gasteiger partial charge in [0.2, 0.25) is 0 Å². The van der Waals surface area contributed by atoms with Crippen LogP contribution >= 0.6 is 0 Å². The first-order valence-corrected chi connectivity index (χ1v) is 12.6. The molecule has 1 aromatic heterocycles. The molecule has 6 heteroatoms. The van der Waals surface area contributed by atoms with Crippen LogP contribution in [-0.4, -0.2) is 52.8 Å². The fraction of sp³-hybridized carbons (Fsp3) is 0.448. The van der Waals surface area contributed by atoms with Crippen LogP contribution in [-0.2, 0) is 4.79 Å². The Kier molecular flexibility index (Phi) is 7.02. The van der Waals surface area contributed by atoms with Crippen molar-refractivity contribution in [2.45, 2.75) is 37.7 Å². The normalized spacial score (nSPS) is 25.3. The zero-order chi connectivity index (χ0) is 24.4. The number of rotatable bonds is 9. The Hall–Kier alpha value is -2.96. The number of benzene rings is 2. The van der Waals surface area contributed by atoms with E-state index in [0.717, 1.165) is 41.7 Å². The van der Waals surface area contributed by atoms with Crippen molar-refractivity contribution in [3.05, 3.63) is 71.9 Å². The average molecular weight is 475 g/mol. The van der Waals surface area contributed by atoms with E-state index in [-0.39, 0.29) is 11.8 Å². The van der Waals surface area contributed by atoms with Crippen LogP contribution in [0.1, 0.15) is 48.8 Å². The number of hydrogen-bond acceptors (Lipinski definition) is 5. The highest BCUT2D eigenvalue weighted by Crippen LogP contribution is 2.48. The van der Waals surface area contributed by atoms with Gasteiger partial charge in [-0.15, -0.1) is 0 Å². The highest BCUT2D eigenvalue weighted by atomic mass is 16.5. The SMILES string of the molecule is COc1ccc2nccc(C(O)CC[C@@H]3CCN(CC4CC4c4ccccc4)C[C@@H]3C(=O)O)c2c1. The van der Waals surface area contributed by atoms with E-state index in [2.05, 4.69) is 34.1 Å². The molecule has 35 heavy (non-hydrogen) atoms. The molecular weight excluding hydrogens is 440 g/mol. The fourth-order valence-corrected chi connectivity index (χ4v) is 5.84. The van der Waals surface area contributed by atoms with E-state index in [1.165, 1.54) is 12.0 Å². The summed E-state index contributed by atoms with van der Waals surface area (Å²) < 4.78 is 5.35. The first-order valence-electron chi connectivity index (χ1n) is 12.6. The van der Waals surface area contributed by atoms with Crippen molar-refractivity contribution in [2.24, 2.45) is 17.8 Å². The topological polar surface area (TPSA) is 82.9 Å². The number of methoxy groups -OCH3 is 1. The first-order chi connectivity index (χ1) is 17.0. The number of pyridine rings is 1. The molecule has 3 aromatic rings. The lowest BCUT2D eigenvalue weighted by molar-refractivity contribution is -0.146. The van der Waals surface area contributed by atoms with Crippen LogP contribution in [0.2, 0.25) is 0 Å². The molecular formula is C29H34N2O4. The van der Waals surface area contributed by atoms with Gasteiger partial charge in [-0.25, -0.2) is 0 Å². The molecule has 3 unspecified atom stereocenters. The summed E-state index contributed by atoms with van der Waals surface area (Å²) in [7, 11) is 1.62. The van der Waals surface area contributed by atoms with Crippen LogP contribution in [0.15, 0.2) is 60.8 Å². The maximum Gasteiger partial charge on any atom is 0.308 e. The molecule has 2 aromatic carbocycles. The van der Waals surface area contributed by atoms with Gasteiger partial charge in [0.25, 0.3) is 0 Å².